The summed E-state index contributed by atoms with van der Waals surface area (Å²) in [4.78, 5) is 29.9. The number of nitro benzene ring substituents is 1. The Kier molecular flexibility index (Phi) is 7.07. The Morgan fingerprint density at radius 3 is 2.68 bits per heavy atom. The molecule has 0 fully saturated rings. The molecule has 1 heterocycles. The zero-order valence-corrected chi connectivity index (χ0v) is 20.1. The summed E-state index contributed by atoms with van der Waals surface area (Å²) >= 11 is 1.49. The summed E-state index contributed by atoms with van der Waals surface area (Å²) < 4.78 is 0. The van der Waals surface area contributed by atoms with Gasteiger partial charge in [-0.25, -0.2) is 4.99 Å². The van der Waals surface area contributed by atoms with E-state index < -0.39 is 4.92 Å². The minimum absolute atomic E-state index is 0.106. The molecule has 0 radical (unpaired) electrons. The summed E-state index contributed by atoms with van der Waals surface area (Å²) in [5.41, 5.74) is 4.58. The van der Waals surface area contributed by atoms with Gasteiger partial charge in [0.2, 0.25) is 0 Å². The van der Waals surface area contributed by atoms with Crippen LogP contribution in [0.25, 0.3) is 0 Å². The van der Waals surface area contributed by atoms with Crippen molar-refractivity contribution < 1.29 is 14.8 Å². The molecule has 4 rings (SSSR count). The van der Waals surface area contributed by atoms with E-state index in [4.69, 9.17) is 0 Å². The molecule has 7 nitrogen and oxygen atoms in total. The van der Waals surface area contributed by atoms with Crippen LogP contribution in [-0.4, -0.2) is 22.2 Å². The van der Waals surface area contributed by atoms with Crippen molar-refractivity contribution in [1.29, 1.82) is 0 Å². The molecule has 2 aromatic carbocycles. The van der Waals surface area contributed by atoms with Gasteiger partial charge in [-0.3, -0.25) is 14.9 Å². The van der Waals surface area contributed by atoms with Crippen molar-refractivity contribution in [3.63, 3.8) is 0 Å². The van der Waals surface area contributed by atoms with Crippen LogP contribution in [0.15, 0.2) is 41.4 Å². The second kappa shape index (κ2) is 10.2. The van der Waals surface area contributed by atoms with Gasteiger partial charge in [0.15, 0.2) is 0 Å². The SMILES string of the molecule is Cc1cccc(NC(=O)c2c(N=Cc3cc([N+](=O)[O-])ccc3O)sc3c2CCCCCC3)c1C. The van der Waals surface area contributed by atoms with E-state index in [0.717, 1.165) is 54.5 Å². The highest BCUT2D eigenvalue weighted by Gasteiger charge is 2.24. The number of fused-ring (bicyclic) bond motifs is 1. The first kappa shape index (κ1) is 23.6. The van der Waals surface area contributed by atoms with Crippen molar-refractivity contribution in [2.24, 2.45) is 4.99 Å². The van der Waals surface area contributed by atoms with Crippen LogP contribution in [0.4, 0.5) is 16.4 Å². The number of anilines is 1. The number of carbonyl (C=O) groups is 1. The van der Waals surface area contributed by atoms with Crippen LogP contribution in [0.1, 0.15) is 63.2 Å². The number of hydrogen-bond donors (Lipinski definition) is 2. The molecule has 8 heteroatoms. The molecule has 1 aliphatic carbocycles. The van der Waals surface area contributed by atoms with Gasteiger partial charge in [0.1, 0.15) is 10.8 Å². The van der Waals surface area contributed by atoms with Crippen molar-refractivity contribution in [3.8, 4) is 5.75 Å². The fourth-order valence-corrected chi connectivity index (χ4v) is 5.42. The number of aliphatic imine (C=N–C) groups is 1. The molecule has 0 atom stereocenters. The minimum Gasteiger partial charge on any atom is -0.507 e. The average Bonchev–Trinajstić information content (AvgIpc) is 3.12. The number of nitrogens with one attached hydrogen (secondary N) is 1. The standard InChI is InChI=1S/C26H27N3O4S/c1-16-8-7-10-21(17(16)2)28-25(31)24-20-9-5-3-4-6-11-23(20)34-26(24)27-15-18-14-19(29(32)33)12-13-22(18)30/h7-8,10,12-15,30H,3-6,9,11H2,1-2H3,(H,28,31). The van der Waals surface area contributed by atoms with E-state index in [9.17, 15) is 20.0 Å². The van der Waals surface area contributed by atoms with Crippen molar-refractivity contribution >= 4 is 39.8 Å². The predicted octanol–water partition coefficient (Wildman–Crippen LogP) is 6.64. The van der Waals surface area contributed by atoms with Gasteiger partial charge in [-0.05, 0) is 68.4 Å². The second-order valence-electron chi connectivity index (χ2n) is 8.56. The van der Waals surface area contributed by atoms with E-state index in [-0.39, 0.29) is 22.9 Å². The van der Waals surface area contributed by atoms with Crippen LogP contribution in [0.3, 0.4) is 0 Å². The minimum atomic E-state index is -0.517. The van der Waals surface area contributed by atoms with Crippen LogP contribution >= 0.6 is 11.3 Å². The number of rotatable bonds is 5. The Hall–Kier alpha value is -3.52. The first-order valence-corrected chi connectivity index (χ1v) is 12.2. The average molecular weight is 478 g/mol. The van der Waals surface area contributed by atoms with Crippen LogP contribution in [0.5, 0.6) is 5.75 Å². The Morgan fingerprint density at radius 2 is 1.91 bits per heavy atom. The molecule has 0 bridgehead atoms. The number of non-ortho nitro benzene ring substituents is 1. The van der Waals surface area contributed by atoms with Crippen LogP contribution in [0, 0.1) is 24.0 Å². The maximum atomic E-state index is 13.5. The molecule has 0 spiro atoms. The molecule has 1 aliphatic rings. The topological polar surface area (TPSA) is 105 Å². The molecular weight excluding hydrogens is 450 g/mol. The molecule has 0 saturated heterocycles. The van der Waals surface area contributed by atoms with E-state index in [2.05, 4.69) is 10.3 Å². The van der Waals surface area contributed by atoms with E-state index in [0.29, 0.717) is 10.6 Å². The zero-order valence-electron chi connectivity index (χ0n) is 19.3. The lowest BCUT2D eigenvalue weighted by Crippen LogP contribution is -2.15. The molecule has 1 aromatic heterocycles. The number of carbonyl (C=O) groups excluding carboxylic acids is 1. The predicted molar refractivity (Wildman–Crippen MR) is 136 cm³/mol. The Morgan fingerprint density at radius 1 is 1.15 bits per heavy atom. The third-order valence-corrected chi connectivity index (χ3v) is 7.48. The lowest BCUT2D eigenvalue weighted by molar-refractivity contribution is -0.384. The molecule has 0 unspecified atom stereocenters. The van der Waals surface area contributed by atoms with Gasteiger partial charge in [-0.15, -0.1) is 11.3 Å². The van der Waals surface area contributed by atoms with E-state index in [1.165, 1.54) is 47.0 Å². The fraction of sp³-hybridized carbons (Fsp3) is 0.308. The molecule has 2 N–H and O–H groups in total. The molecule has 3 aromatic rings. The van der Waals surface area contributed by atoms with Crippen LogP contribution in [0.2, 0.25) is 0 Å². The zero-order chi connectivity index (χ0) is 24.2. The first-order chi connectivity index (χ1) is 16.3. The number of amides is 1. The van der Waals surface area contributed by atoms with Gasteiger partial charge in [0, 0.05) is 34.5 Å². The van der Waals surface area contributed by atoms with Crippen molar-refractivity contribution in [2.45, 2.75) is 52.4 Å². The second-order valence-corrected chi connectivity index (χ2v) is 9.64. The number of benzene rings is 2. The third-order valence-electron chi connectivity index (χ3n) is 6.28. The smallest absolute Gasteiger partial charge is 0.270 e. The summed E-state index contributed by atoms with van der Waals surface area (Å²) in [5, 5.41) is 24.9. The largest absolute Gasteiger partial charge is 0.507 e. The number of hydrogen-bond acceptors (Lipinski definition) is 6. The monoisotopic (exact) mass is 477 g/mol. The molecular formula is C26H27N3O4S. The number of aromatic hydroxyl groups is 1. The quantitative estimate of drug-likeness (QED) is 0.244. The first-order valence-electron chi connectivity index (χ1n) is 11.4. The van der Waals surface area contributed by atoms with Gasteiger partial charge in [0.25, 0.3) is 11.6 Å². The van der Waals surface area contributed by atoms with Gasteiger partial charge >= 0.3 is 0 Å². The number of aryl methyl sites for hydroxylation is 2. The normalized spacial score (nSPS) is 13.8. The van der Waals surface area contributed by atoms with Crippen molar-refractivity contribution in [3.05, 3.63) is 79.2 Å². The lowest BCUT2D eigenvalue weighted by Gasteiger charge is -2.13. The Labute approximate surface area is 202 Å². The lowest BCUT2D eigenvalue weighted by atomic mass is 9.96. The highest BCUT2D eigenvalue weighted by molar-refractivity contribution is 7.16. The summed E-state index contributed by atoms with van der Waals surface area (Å²) in [7, 11) is 0. The van der Waals surface area contributed by atoms with Crippen molar-refractivity contribution in [2.75, 3.05) is 5.32 Å². The van der Waals surface area contributed by atoms with Crippen LogP contribution in [-0.2, 0) is 12.8 Å². The van der Waals surface area contributed by atoms with Gasteiger partial charge in [-0.2, -0.15) is 0 Å². The Balaban J connectivity index is 1.75. The Bertz CT molecular complexity index is 1280. The number of thiophene rings is 1. The third kappa shape index (κ3) is 5.02. The van der Waals surface area contributed by atoms with Gasteiger partial charge < -0.3 is 10.4 Å². The number of nitro groups is 1. The maximum absolute atomic E-state index is 13.5. The summed E-state index contributed by atoms with van der Waals surface area (Å²) in [5.74, 6) is -0.312. The summed E-state index contributed by atoms with van der Waals surface area (Å²) in [6, 6.07) is 9.61. The van der Waals surface area contributed by atoms with Crippen molar-refractivity contribution in [1.82, 2.24) is 0 Å². The maximum Gasteiger partial charge on any atom is 0.270 e. The number of phenolic OH excluding ortho intramolecular Hbond substituents is 1. The van der Waals surface area contributed by atoms with Gasteiger partial charge in [0.05, 0.1) is 10.5 Å². The highest BCUT2D eigenvalue weighted by atomic mass is 32.1. The van der Waals surface area contributed by atoms with Crippen LogP contribution < -0.4 is 5.32 Å². The fourth-order valence-electron chi connectivity index (χ4n) is 4.19. The van der Waals surface area contributed by atoms with E-state index in [1.807, 2.05) is 32.0 Å². The summed E-state index contributed by atoms with van der Waals surface area (Å²) in [6.45, 7) is 3.99. The van der Waals surface area contributed by atoms with Gasteiger partial charge in [-0.1, -0.05) is 25.0 Å². The molecule has 0 saturated carbocycles. The highest BCUT2D eigenvalue weighted by Crippen LogP contribution is 2.39. The van der Waals surface area contributed by atoms with E-state index in [1.54, 1.807) is 0 Å². The molecule has 1 amide bonds. The number of nitrogens with zero attached hydrogens (tertiary/aromatic N) is 2. The summed E-state index contributed by atoms with van der Waals surface area (Å²) in [6.07, 6.45) is 7.51. The van der Waals surface area contributed by atoms with E-state index >= 15 is 0 Å². The molecule has 0 aliphatic heterocycles. The number of phenols is 1. The molecule has 34 heavy (non-hydrogen) atoms. The molecule has 176 valence electrons.